The highest BCUT2D eigenvalue weighted by Crippen LogP contribution is 2.20. The number of nitrogens with one attached hydrogen (secondary N) is 1. The first-order valence-electron chi connectivity index (χ1n) is 6.18. The van der Waals surface area contributed by atoms with Crippen LogP contribution in [0.2, 0.25) is 0 Å². The Morgan fingerprint density at radius 2 is 2.00 bits per heavy atom. The highest BCUT2D eigenvalue weighted by molar-refractivity contribution is 5.76. The second-order valence-corrected chi connectivity index (χ2v) is 5.99. The number of carbonyl (C=O) groups excluding carboxylic acids is 1. The van der Waals surface area contributed by atoms with E-state index in [-0.39, 0.29) is 17.2 Å². The van der Waals surface area contributed by atoms with E-state index in [0.717, 1.165) is 0 Å². The molecule has 0 aliphatic carbocycles. The minimum Gasteiger partial charge on any atom is -0.391 e. The zero-order valence-corrected chi connectivity index (χ0v) is 11.7. The van der Waals surface area contributed by atoms with Crippen LogP contribution in [0.25, 0.3) is 0 Å². The molecule has 1 amide bonds. The molecule has 2 N–H and O–H groups in total. The molecular formula is C13H27NO3. The molecular weight excluding hydrogens is 218 g/mol. The number of rotatable bonds is 7. The first kappa shape index (κ1) is 16.4. The molecule has 0 aliphatic rings. The predicted octanol–water partition coefficient (Wildman–Crippen LogP) is 1.57. The molecule has 0 aromatic carbocycles. The van der Waals surface area contributed by atoms with E-state index in [1.807, 2.05) is 6.92 Å². The molecule has 0 aromatic rings. The number of carbonyl (C=O) groups is 1. The topological polar surface area (TPSA) is 58.6 Å². The number of methoxy groups -OCH3 is 1. The number of ether oxygens (including phenoxy) is 1. The molecule has 0 rings (SSSR count). The van der Waals surface area contributed by atoms with Crippen molar-refractivity contribution in [3.63, 3.8) is 0 Å². The Labute approximate surface area is 105 Å². The fourth-order valence-corrected chi connectivity index (χ4v) is 1.74. The lowest BCUT2D eigenvalue weighted by Crippen LogP contribution is -2.35. The Balaban J connectivity index is 3.76. The van der Waals surface area contributed by atoms with Gasteiger partial charge in [0.05, 0.1) is 6.10 Å². The number of amides is 1. The van der Waals surface area contributed by atoms with Crippen molar-refractivity contribution in [2.75, 3.05) is 20.3 Å². The smallest absolute Gasteiger partial charge is 0.220 e. The van der Waals surface area contributed by atoms with Crippen molar-refractivity contribution in [3.8, 4) is 0 Å². The molecule has 17 heavy (non-hydrogen) atoms. The molecule has 0 aromatic heterocycles. The van der Waals surface area contributed by atoms with Crippen LogP contribution in [0, 0.1) is 11.3 Å². The van der Waals surface area contributed by atoms with Gasteiger partial charge in [0.25, 0.3) is 0 Å². The summed E-state index contributed by atoms with van der Waals surface area (Å²) in [5, 5.41) is 12.5. The van der Waals surface area contributed by atoms with Crippen LogP contribution in [0.5, 0.6) is 0 Å². The quantitative estimate of drug-likeness (QED) is 0.716. The lowest BCUT2D eigenvalue weighted by atomic mass is 9.89. The van der Waals surface area contributed by atoms with Gasteiger partial charge in [0.15, 0.2) is 0 Å². The van der Waals surface area contributed by atoms with Gasteiger partial charge >= 0.3 is 0 Å². The minimum atomic E-state index is -0.475. The van der Waals surface area contributed by atoms with Crippen LogP contribution in [-0.2, 0) is 9.53 Å². The first-order valence-corrected chi connectivity index (χ1v) is 6.18. The Bertz CT molecular complexity index is 223. The normalized spacial score (nSPS) is 15.4. The van der Waals surface area contributed by atoms with E-state index in [1.165, 1.54) is 0 Å². The summed E-state index contributed by atoms with van der Waals surface area (Å²) in [6.45, 7) is 9.08. The van der Waals surface area contributed by atoms with Gasteiger partial charge in [-0.15, -0.1) is 0 Å². The number of aliphatic hydroxyl groups is 1. The van der Waals surface area contributed by atoms with Crippen molar-refractivity contribution in [1.29, 1.82) is 0 Å². The van der Waals surface area contributed by atoms with E-state index in [9.17, 15) is 9.90 Å². The summed E-state index contributed by atoms with van der Waals surface area (Å²) in [6, 6.07) is 0. The Hall–Kier alpha value is -0.610. The average molecular weight is 245 g/mol. The fraction of sp³-hybridized carbons (Fsp3) is 0.923. The molecule has 4 nitrogen and oxygen atoms in total. The molecule has 0 bridgehead atoms. The van der Waals surface area contributed by atoms with Crippen LogP contribution < -0.4 is 5.32 Å². The van der Waals surface area contributed by atoms with Gasteiger partial charge < -0.3 is 15.2 Å². The van der Waals surface area contributed by atoms with Crippen molar-refractivity contribution in [2.45, 2.75) is 46.6 Å². The zero-order chi connectivity index (χ0) is 13.5. The fourth-order valence-electron chi connectivity index (χ4n) is 1.74. The maximum atomic E-state index is 11.5. The Morgan fingerprint density at radius 1 is 1.41 bits per heavy atom. The second kappa shape index (κ2) is 7.67. The third-order valence-corrected chi connectivity index (χ3v) is 2.37. The van der Waals surface area contributed by atoms with Crippen LogP contribution in [0.4, 0.5) is 0 Å². The highest BCUT2D eigenvalue weighted by atomic mass is 16.5. The molecule has 2 atom stereocenters. The van der Waals surface area contributed by atoms with Crippen molar-refractivity contribution < 1.29 is 14.6 Å². The van der Waals surface area contributed by atoms with E-state index in [4.69, 9.17) is 4.74 Å². The summed E-state index contributed by atoms with van der Waals surface area (Å²) in [5.74, 6) is 0.183. The summed E-state index contributed by atoms with van der Waals surface area (Å²) < 4.78 is 4.97. The van der Waals surface area contributed by atoms with Gasteiger partial charge in [-0.1, -0.05) is 27.7 Å². The molecule has 2 unspecified atom stereocenters. The highest BCUT2D eigenvalue weighted by Gasteiger charge is 2.17. The monoisotopic (exact) mass is 245 g/mol. The molecule has 0 fully saturated rings. The predicted molar refractivity (Wildman–Crippen MR) is 68.7 cm³/mol. The summed E-state index contributed by atoms with van der Waals surface area (Å²) >= 11 is 0. The van der Waals surface area contributed by atoms with Gasteiger partial charge in [-0.2, -0.15) is 0 Å². The Morgan fingerprint density at radius 3 is 2.47 bits per heavy atom. The van der Waals surface area contributed by atoms with Crippen LogP contribution in [0.1, 0.15) is 40.5 Å². The van der Waals surface area contributed by atoms with Crippen LogP contribution in [0.3, 0.4) is 0 Å². The largest absolute Gasteiger partial charge is 0.391 e. The van der Waals surface area contributed by atoms with Gasteiger partial charge in [0.1, 0.15) is 0 Å². The average Bonchev–Trinajstić information content (AvgIpc) is 2.12. The van der Waals surface area contributed by atoms with Crippen molar-refractivity contribution >= 4 is 5.91 Å². The molecule has 0 aliphatic heterocycles. The van der Waals surface area contributed by atoms with Crippen LogP contribution in [-0.4, -0.2) is 37.4 Å². The molecule has 0 saturated carbocycles. The Kier molecular flexibility index (Phi) is 7.39. The van der Waals surface area contributed by atoms with E-state index >= 15 is 0 Å². The standard InChI is InChI=1S/C13H27NO3/c1-10(9-17-5)6-12(16)14-8-11(15)7-13(2,3)4/h10-11,15H,6-9H2,1-5H3,(H,14,16). The summed E-state index contributed by atoms with van der Waals surface area (Å²) in [6.07, 6.45) is 0.647. The third kappa shape index (κ3) is 10.3. The van der Waals surface area contributed by atoms with Gasteiger partial charge in [-0.3, -0.25) is 4.79 Å². The number of aliphatic hydroxyl groups excluding tert-OH is 1. The van der Waals surface area contributed by atoms with Crippen molar-refractivity contribution in [3.05, 3.63) is 0 Å². The van der Waals surface area contributed by atoms with E-state index in [1.54, 1.807) is 7.11 Å². The van der Waals surface area contributed by atoms with Gasteiger partial charge in [-0.25, -0.2) is 0 Å². The third-order valence-electron chi connectivity index (χ3n) is 2.37. The SMILES string of the molecule is COCC(C)CC(=O)NCC(O)CC(C)(C)C. The van der Waals surface area contributed by atoms with Gasteiger partial charge in [-0.05, 0) is 17.8 Å². The summed E-state index contributed by atoms with van der Waals surface area (Å²) in [4.78, 5) is 11.5. The van der Waals surface area contributed by atoms with E-state index in [0.29, 0.717) is 26.0 Å². The molecule has 102 valence electrons. The lowest BCUT2D eigenvalue weighted by molar-refractivity contribution is -0.122. The molecule has 0 spiro atoms. The summed E-state index contributed by atoms with van der Waals surface area (Å²) in [5.41, 5.74) is 0.0769. The van der Waals surface area contributed by atoms with Crippen LogP contribution in [0.15, 0.2) is 0 Å². The zero-order valence-electron chi connectivity index (χ0n) is 11.7. The molecule has 0 heterocycles. The maximum absolute atomic E-state index is 11.5. The van der Waals surface area contributed by atoms with E-state index in [2.05, 4.69) is 26.1 Å². The lowest BCUT2D eigenvalue weighted by Gasteiger charge is -2.22. The van der Waals surface area contributed by atoms with Crippen LogP contribution >= 0.6 is 0 Å². The van der Waals surface area contributed by atoms with E-state index < -0.39 is 6.10 Å². The number of hydrogen-bond acceptors (Lipinski definition) is 3. The van der Waals surface area contributed by atoms with Crippen molar-refractivity contribution in [1.82, 2.24) is 5.32 Å². The first-order chi connectivity index (χ1) is 7.74. The molecule has 0 saturated heterocycles. The summed E-state index contributed by atoms with van der Waals surface area (Å²) in [7, 11) is 1.63. The number of hydrogen-bond donors (Lipinski definition) is 2. The second-order valence-electron chi connectivity index (χ2n) is 5.99. The van der Waals surface area contributed by atoms with Crippen molar-refractivity contribution in [2.24, 2.45) is 11.3 Å². The van der Waals surface area contributed by atoms with Gasteiger partial charge in [0, 0.05) is 26.7 Å². The molecule has 4 heteroatoms. The minimum absolute atomic E-state index is 0.0255. The maximum Gasteiger partial charge on any atom is 0.220 e. The van der Waals surface area contributed by atoms with Gasteiger partial charge in [0.2, 0.25) is 5.91 Å². The molecule has 0 radical (unpaired) electrons.